The molecule has 0 atom stereocenters. The van der Waals surface area contributed by atoms with Gasteiger partial charge in [0, 0.05) is 22.7 Å². The lowest BCUT2D eigenvalue weighted by atomic mass is 10.2. The van der Waals surface area contributed by atoms with Gasteiger partial charge >= 0.3 is 11.9 Å². The van der Waals surface area contributed by atoms with Crippen LogP contribution in [0.1, 0.15) is 23.2 Å². The number of nitrogens with one attached hydrogen (secondary N) is 2. The molecule has 8 nitrogen and oxygen atoms in total. The minimum absolute atomic E-state index is 0.0804. The molecule has 2 rings (SSSR count). The number of carbonyl (C=O) groups excluding carboxylic acids is 2. The number of amides is 2. The van der Waals surface area contributed by atoms with E-state index in [1.54, 1.807) is 36.4 Å². The van der Waals surface area contributed by atoms with Crippen molar-refractivity contribution in [2.24, 2.45) is 0 Å². The van der Waals surface area contributed by atoms with Gasteiger partial charge in [0.2, 0.25) is 11.8 Å². The molecule has 2 amide bonds. The van der Waals surface area contributed by atoms with E-state index in [1.807, 2.05) is 0 Å². The molecule has 0 saturated carbocycles. The highest BCUT2D eigenvalue weighted by Crippen LogP contribution is 2.22. The number of aliphatic carboxylic acids is 1. The monoisotopic (exact) mass is 402 g/mol. The predicted molar refractivity (Wildman–Crippen MR) is 105 cm³/mol. The van der Waals surface area contributed by atoms with Crippen LogP contribution in [0, 0.1) is 0 Å². The number of carbonyl (C=O) groups is 4. The first-order chi connectivity index (χ1) is 13.3. The van der Waals surface area contributed by atoms with Gasteiger partial charge in [0.05, 0.1) is 17.7 Å². The molecule has 0 unspecified atom stereocenters. The van der Waals surface area contributed by atoms with Gasteiger partial charge in [-0.15, -0.1) is 11.8 Å². The summed E-state index contributed by atoms with van der Waals surface area (Å²) in [6.45, 7) is 0. The first kappa shape index (κ1) is 21.0. The smallest absolute Gasteiger partial charge is 0.335 e. The van der Waals surface area contributed by atoms with Gasteiger partial charge in [0.1, 0.15) is 0 Å². The lowest BCUT2D eigenvalue weighted by Gasteiger charge is -2.08. The van der Waals surface area contributed by atoms with Gasteiger partial charge in [-0.25, -0.2) is 4.79 Å². The van der Waals surface area contributed by atoms with Crippen molar-refractivity contribution in [1.29, 1.82) is 0 Å². The number of anilines is 2. The van der Waals surface area contributed by atoms with Crippen LogP contribution in [0.2, 0.25) is 0 Å². The minimum atomic E-state index is -1.08. The molecule has 0 heterocycles. The third kappa shape index (κ3) is 7.12. The third-order valence-electron chi connectivity index (χ3n) is 3.45. The normalized spacial score (nSPS) is 10.1. The molecule has 0 aliphatic carbocycles. The summed E-state index contributed by atoms with van der Waals surface area (Å²) >= 11 is 1.24. The van der Waals surface area contributed by atoms with Gasteiger partial charge in [-0.1, -0.05) is 12.1 Å². The van der Waals surface area contributed by atoms with Crippen LogP contribution >= 0.6 is 11.8 Å². The molecular weight excluding hydrogens is 384 g/mol. The van der Waals surface area contributed by atoms with Crippen molar-refractivity contribution in [3.63, 3.8) is 0 Å². The molecule has 0 saturated heterocycles. The lowest BCUT2D eigenvalue weighted by molar-refractivity contribution is -0.138. The zero-order valence-corrected chi connectivity index (χ0v) is 15.5. The van der Waals surface area contributed by atoms with Crippen molar-refractivity contribution in [1.82, 2.24) is 0 Å². The molecule has 0 aliphatic heterocycles. The second-order valence-electron chi connectivity index (χ2n) is 5.69. The fourth-order valence-corrected chi connectivity index (χ4v) is 2.94. The van der Waals surface area contributed by atoms with E-state index in [2.05, 4.69) is 10.6 Å². The van der Waals surface area contributed by atoms with E-state index >= 15 is 0 Å². The summed E-state index contributed by atoms with van der Waals surface area (Å²) in [6, 6.07) is 12.8. The zero-order chi connectivity index (χ0) is 20.5. The van der Waals surface area contributed by atoms with Gasteiger partial charge in [0.15, 0.2) is 0 Å². The van der Waals surface area contributed by atoms with Gasteiger partial charge < -0.3 is 20.8 Å². The number of benzene rings is 2. The van der Waals surface area contributed by atoms with Crippen LogP contribution in [0.15, 0.2) is 53.4 Å². The van der Waals surface area contributed by atoms with Crippen molar-refractivity contribution in [3.05, 3.63) is 54.1 Å². The van der Waals surface area contributed by atoms with E-state index in [1.165, 1.54) is 23.9 Å². The molecule has 4 N–H and O–H groups in total. The Bertz CT molecular complexity index is 899. The van der Waals surface area contributed by atoms with Gasteiger partial charge in [-0.2, -0.15) is 0 Å². The second kappa shape index (κ2) is 10.1. The average molecular weight is 402 g/mol. The molecule has 2 aromatic carbocycles. The van der Waals surface area contributed by atoms with Crippen molar-refractivity contribution in [2.45, 2.75) is 17.7 Å². The van der Waals surface area contributed by atoms with Crippen molar-refractivity contribution in [3.8, 4) is 0 Å². The number of thioether (sulfide) groups is 1. The molecule has 2 aromatic rings. The van der Waals surface area contributed by atoms with Crippen LogP contribution in [-0.4, -0.2) is 39.7 Å². The summed E-state index contributed by atoms with van der Waals surface area (Å²) in [5.41, 5.74) is 0.983. The van der Waals surface area contributed by atoms with Crippen LogP contribution in [0.25, 0.3) is 0 Å². The first-order valence-electron chi connectivity index (χ1n) is 8.21. The quantitative estimate of drug-likeness (QED) is 0.474. The minimum Gasteiger partial charge on any atom is -0.481 e. The van der Waals surface area contributed by atoms with Crippen LogP contribution in [-0.2, 0) is 14.4 Å². The second-order valence-corrected chi connectivity index (χ2v) is 6.74. The molecule has 0 radical (unpaired) electrons. The highest BCUT2D eigenvalue weighted by molar-refractivity contribution is 8.00. The molecule has 28 heavy (non-hydrogen) atoms. The Balaban J connectivity index is 1.87. The Morgan fingerprint density at radius 3 is 2.14 bits per heavy atom. The molecule has 0 fully saturated rings. The van der Waals surface area contributed by atoms with E-state index in [4.69, 9.17) is 10.2 Å². The zero-order valence-electron chi connectivity index (χ0n) is 14.7. The summed E-state index contributed by atoms with van der Waals surface area (Å²) < 4.78 is 0. The summed E-state index contributed by atoms with van der Waals surface area (Å²) in [7, 11) is 0. The molecule has 0 spiro atoms. The lowest BCUT2D eigenvalue weighted by Crippen LogP contribution is -2.14. The summed E-state index contributed by atoms with van der Waals surface area (Å²) in [5, 5.41) is 22.8. The Hall–Kier alpha value is -3.33. The fourth-order valence-electron chi connectivity index (χ4n) is 2.18. The van der Waals surface area contributed by atoms with Gasteiger partial charge in [0.25, 0.3) is 0 Å². The number of hydrogen-bond acceptors (Lipinski definition) is 5. The number of rotatable bonds is 9. The maximum absolute atomic E-state index is 12.1. The standard InChI is InChI=1S/C19H18N2O6S/c22-16(7-8-18(24)25)20-14-5-2-6-15(10-14)28-11-17(23)21-13-4-1-3-12(9-13)19(26)27/h1-6,9-10H,7-8,11H2,(H,20,22)(H,21,23)(H,24,25)(H,26,27). The van der Waals surface area contributed by atoms with E-state index in [-0.39, 0.29) is 30.1 Å². The highest BCUT2D eigenvalue weighted by Gasteiger charge is 2.09. The Morgan fingerprint density at radius 1 is 0.821 bits per heavy atom. The van der Waals surface area contributed by atoms with Crippen molar-refractivity contribution in [2.75, 3.05) is 16.4 Å². The molecule has 146 valence electrons. The molecule has 0 aromatic heterocycles. The number of carboxylic acid groups (broad SMARTS) is 2. The molecule has 9 heteroatoms. The van der Waals surface area contributed by atoms with Crippen LogP contribution < -0.4 is 10.6 Å². The largest absolute Gasteiger partial charge is 0.481 e. The first-order valence-corrected chi connectivity index (χ1v) is 9.20. The Morgan fingerprint density at radius 2 is 1.46 bits per heavy atom. The molecule has 0 aliphatic rings. The van der Waals surface area contributed by atoms with E-state index in [9.17, 15) is 19.2 Å². The Labute approximate surface area is 165 Å². The predicted octanol–water partition coefficient (Wildman–Crippen LogP) is 2.92. The topological polar surface area (TPSA) is 133 Å². The van der Waals surface area contributed by atoms with Crippen LogP contribution in [0.3, 0.4) is 0 Å². The van der Waals surface area contributed by atoms with Gasteiger partial charge in [-0.3, -0.25) is 14.4 Å². The van der Waals surface area contributed by atoms with Crippen molar-refractivity contribution >= 4 is 46.9 Å². The van der Waals surface area contributed by atoms with E-state index < -0.39 is 17.8 Å². The summed E-state index contributed by atoms with van der Waals surface area (Å²) in [5.74, 6) is -2.73. The SMILES string of the molecule is O=C(O)CCC(=O)Nc1cccc(SCC(=O)Nc2cccc(C(=O)O)c2)c1. The summed E-state index contributed by atoms with van der Waals surface area (Å²) in [6.07, 6.45) is -0.367. The maximum atomic E-state index is 12.1. The van der Waals surface area contributed by atoms with Gasteiger partial charge in [-0.05, 0) is 36.4 Å². The van der Waals surface area contributed by atoms with E-state index in [0.717, 1.165) is 4.90 Å². The highest BCUT2D eigenvalue weighted by atomic mass is 32.2. The maximum Gasteiger partial charge on any atom is 0.335 e. The third-order valence-corrected chi connectivity index (χ3v) is 4.44. The summed E-state index contributed by atoms with van der Waals surface area (Å²) in [4.78, 5) is 45.9. The Kier molecular flexibility index (Phi) is 7.58. The number of hydrogen-bond donors (Lipinski definition) is 4. The van der Waals surface area contributed by atoms with E-state index in [0.29, 0.717) is 11.4 Å². The van der Waals surface area contributed by atoms with Crippen LogP contribution in [0.5, 0.6) is 0 Å². The molecule has 0 bridgehead atoms. The average Bonchev–Trinajstić information content (AvgIpc) is 2.65. The number of carboxylic acids is 2. The number of aromatic carboxylic acids is 1. The fraction of sp³-hybridized carbons (Fsp3) is 0.158. The van der Waals surface area contributed by atoms with Crippen LogP contribution in [0.4, 0.5) is 11.4 Å². The molecular formula is C19H18N2O6S. The van der Waals surface area contributed by atoms with Crippen molar-refractivity contribution < 1.29 is 29.4 Å².